The van der Waals surface area contributed by atoms with Crippen LogP contribution in [0.3, 0.4) is 0 Å². The van der Waals surface area contributed by atoms with Gasteiger partial charge >= 0.3 is 5.97 Å². The van der Waals surface area contributed by atoms with Gasteiger partial charge in [-0.1, -0.05) is 13.3 Å². The van der Waals surface area contributed by atoms with Crippen molar-refractivity contribution in [3.63, 3.8) is 0 Å². The van der Waals surface area contributed by atoms with Crippen molar-refractivity contribution < 1.29 is 19.1 Å². The molecule has 5 nitrogen and oxygen atoms in total. The van der Waals surface area contributed by atoms with Crippen molar-refractivity contribution in [2.75, 3.05) is 6.54 Å². The van der Waals surface area contributed by atoms with Crippen LogP contribution in [0.5, 0.6) is 0 Å². The van der Waals surface area contributed by atoms with Gasteiger partial charge in [0.2, 0.25) is 5.91 Å². The highest BCUT2D eigenvalue weighted by atomic mass is 16.4. The number of furan rings is 1. The van der Waals surface area contributed by atoms with E-state index >= 15 is 0 Å². The molecule has 0 aliphatic heterocycles. The molecule has 1 rings (SSSR count). The van der Waals surface area contributed by atoms with Gasteiger partial charge < -0.3 is 14.8 Å². The van der Waals surface area contributed by atoms with Crippen LogP contribution in [0, 0.1) is 5.92 Å². The van der Waals surface area contributed by atoms with E-state index in [0.29, 0.717) is 19.3 Å². The maximum absolute atomic E-state index is 11.5. The van der Waals surface area contributed by atoms with Crippen LogP contribution in [0.25, 0.3) is 0 Å². The van der Waals surface area contributed by atoms with E-state index in [1.165, 1.54) is 0 Å². The molecular weight excluding hydrogens is 234 g/mol. The van der Waals surface area contributed by atoms with E-state index in [1.807, 2.05) is 13.0 Å². The van der Waals surface area contributed by atoms with Gasteiger partial charge in [-0.05, 0) is 18.6 Å². The molecule has 0 aliphatic rings. The summed E-state index contributed by atoms with van der Waals surface area (Å²) >= 11 is 0. The van der Waals surface area contributed by atoms with Crippen molar-refractivity contribution in [3.05, 3.63) is 24.2 Å². The lowest BCUT2D eigenvalue weighted by molar-refractivity contribution is -0.141. The molecule has 0 saturated carbocycles. The van der Waals surface area contributed by atoms with Crippen LogP contribution in [-0.4, -0.2) is 23.5 Å². The second kappa shape index (κ2) is 7.53. The third-order valence-electron chi connectivity index (χ3n) is 2.71. The number of rotatable bonds is 8. The first-order valence-electron chi connectivity index (χ1n) is 6.15. The minimum absolute atomic E-state index is 0.145. The van der Waals surface area contributed by atoms with E-state index in [1.54, 1.807) is 12.3 Å². The highest BCUT2D eigenvalue weighted by Gasteiger charge is 2.17. The molecule has 0 aromatic carbocycles. The van der Waals surface area contributed by atoms with Crippen molar-refractivity contribution in [1.82, 2.24) is 5.32 Å². The number of carbonyl (C=O) groups excluding carboxylic acids is 1. The SMILES string of the molecule is CCCC(CNC(=O)CCc1ccco1)C(=O)O. The summed E-state index contributed by atoms with van der Waals surface area (Å²) in [6.45, 7) is 2.12. The first-order valence-corrected chi connectivity index (χ1v) is 6.15. The number of carboxylic acids is 1. The third-order valence-corrected chi connectivity index (χ3v) is 2.71. The summed E-state index contributed by atoms with van der Waals surface area (Å²) in [6, 6.07) is 3.58. The number of amides is 1. The highest BCUT2D eigenvalue weighted by Crippen LogP contribution is 2.06. The zero-order valence-corrected chi connectivity index (χ0v) is 10.5. The van der Waals surface area contributed by atoms with E-state index in [2.05, 4.69) is 5.32 Å². The predicted molar refractivity (Wildman–Crippen MR) is 66.1 cm³/mol. The number of aryl methyl sites for hydroxylation is 1. The van der Waals surface area contributed by atoms with Crippen molar-refractivity contribution in [3.8, 4) is 0 Å². The third kappa shape index (κ3) is 5.03. The van der Waals surface area contributed by atoms with Gasteiger partial charge in [0.15, 0.2) is 0 Å². The van der Waals surface area contributed by atoms with Gasteiger partial charge in [-0.2, -0.15) is 0 Å². The van der Waals surface area contributed by atoms with E-state index in [9.17, 15) is 9.59 Å². The topological polar surface area (TPSA) is 79.5 Å². The normalized spacial score (nSPS) is 12.1. The Morgan fingerprint density at radius 2 is 2.28 bits per heavy atom. The average Bonchev–Trinajstić information content (AvgIpc) is 2.84. The first kappa shape index (κ1) is 14.3. The first-order chi connectivity index (χ1) is 8.63. The van der Waals surface area contributed by atoms with Crippen LogP contribution in [0.2, 0.25) is 0 Å². The fourth-order valence-electron chi connectivity index (χ4n) is 1.68. The maximum atomic E-state index is 11.5. The standard InChI is InChI=1S/C13H19NO4/c1-2-4-10(13(16)17)9-14-12(15)7-6-11-5-3-8-18-11/h3,5,8,10H,2,4,6-7,9H2,1H3,(H,14,15)(H,16,17). The van der Waals surface area contributed by atoms with Crippen molar-refractivity contribution in [2.24, 2.45) is 5.92 Å². The Labute approximate surface area is 106 Å². The summed E-state index contributed by atoms with van der Waals surface area (Å²) in [5.41, 5.74) is 0. The Balaban J connectivity index is 2.25. The monoisotopic (exact) mass is 253 g/mol. The number of hydrogen-bond acceptors (Lipinski definition) is 3. The van der Waals surface area contributed by atoms with Crippen molar-refractivity contribution >= 4 is 11.9 Å². The van der Waals surface area contributed by atoms with Gasteiger partial charge in [-0.25, -0.2) is 0 Å². The fraction of sp³-hybridized carbons (Fsp3) is 0.538. The Morgan fingerprint density at radius 1 is 1.50 bits per heavy atom. The van der Waals surface area contributed by atoms with Gasteiger partial charge in [0.25, 0.3) is 0 Å². The van der Waals surface area contributed by atoms with Crippen molar-refractivity contribution in [1.29, 1.82) is 0 Å². The second-order valence-corrected chi connectivity index (χ2v) is 4.21. The molecular formula is C13H19NO4. The molecule has 1 aromatic heterocycles. The van der Waals surface area contributed by atoms with Crippen LogP contribution in [0.1, 0.15) is 31.9 Å². The highest BCUT2D eigenvalue weighted by molar-refractivity contribution is 5.77. The molecule has 1 heterocycles. The number of nitrogens with one attached hydrogen (secondary N) is 1. The molecule has 0 radical (unpaired) electrons. The molecule has 0 saturated heterocycles. The molecule has 100 valence electrons. The molecule has 0 fully saturated rings. The van der Waals surface area contributed by atoms with Gasteiger partial charge in [0, 0.05) is 19.4 Å². The summed E-state index contributed by atoms with van der Waals surface area (Å²) in [7, 11) is 0. The molecule has 0 bridgehead atoms. The number of carbonyl (C=O) groups is 2. The lowest BCUT2D eigenvalue weighted by Gasteiger charge is -2.12. The molecule has 1 unspecified atom stereocenters. The number of carboxylic acid groups (broad SMARTS) is 1. The zero-order chi connectivity index (χ0) is 13.4. The molecule has 0 aliphatic carbocycles. The molecule has 1 atom stereocenters. The molecule has 2 N–H and O–H groups in total. The summed E-state index contributed by atoms with van der Waals surface area (Å²) < 4.78 is 5.11. The molecule has 0 spiro atoms. The van der Waals surface area contributed by atoms with Gasteiger partial charge in [-0.15, -0.1) is 0 Å². The van der Waals surface area contributed by atoms with Crippen LogP contribution in [-0.2, 0) is 16.0 Å². The minimum atomic E-state index is -0.858. The molecule has 18 heavy (non-hydrogen) atoms. The van der Waals surface area contributed by atoms with E-state index in [4.69, 9.17) is 9.52 Å². The lowest BCUT2D eigenvalue weighted by Crippen LogP contribution is -2.33. The molecule has 5 heteroatoms. The quantitative estimate of drug-likeness (QED) is 0.740. The molecule has 1 amide bonds. The predicted octanol–water partition coefficient (Wildman–Crippen LogP) is 1.83. The summed E-state index contributed by atoms with van der Waals surface area (Å²) in [4.78, 5) is 22.4. The van der Waals surface area contributed by atoms with E-state index in [0.717, 1.165) is 12.2 Å². The Hall–Kier alpha value is -1.78. The zero-order valence-electron chi connectivity index (χ0n) is 10.5. The van der Waals surface area contributed by atoms with Crippen LogP contribution >= 0.6 is 0 Å². The average molecular weight is 253 g/mol. The summed E-state index contributed by atoms with van der Waals surface area (Å²) in [6.07, 6.45) is 3.78. The summed E-state index contributed by atoms with van der Waals surface area (Å²) in [5, 5.41) is 11.6. The lowest BCUT2D eigenvalue weighted by atomic mass is 10.0. The van der Waals surface area contributed by atoms with Gasteiger partial charge in [0.05, 0.1) is 12.2 Å². The smallest absolute Gasteiger partial charge is 0.308 e. The van der Waals surface area contributed by atoms with E-state index < -0.39 is 11.9 Å². The second-order valence-electron chi connectivity index (χ2n) is 4.21. The van der Waals surface area contributed by atoms with Gasteiger partial charge in [-0.3, -0.25) is 9.59 Å². The van der Waals surface area contributed by atoms with Crippen molar-refractivity contribution in [2.45, 2.75) is 32.6 Å². The van der Waals surface area contributed by atoms with Crippen LogP contribution < -0.4 is 5.32 Å². The Bertz CT molecular complexity index is 372. The Kier molecular flexibility index (Phi) is 5.97. The largest absolute Gasteiger partial charge is 0.481 e. The summed E-state index contributed by atoms with van der Waals surface area (Å²) in [5.74, 6) is -0.743. The number of aliphatic carboxylic acids is 1. The minimum Gasteiger partial charge on any atom is -0.481 e. The Morgan fingerprint density at radius 3 is 2.83 bits per heavy atom. The maximum Gasteiger partial charge on any atom is 0.308 e. The van der Waals surface area contributed by atoms with Crippen LogP contribution in [0.15, 0.2) is 22.8 Å². The fourth-order valence-corrected chi connectivity index (χ4v) is 1.68. The number of hydrogen-bond donors (Lipinski definition) is 2. The van der Waals surface area contributed by atoms with Gasteiger partial charge in [0.1, 0.15) is 5.76 Å². The molecule has 1 aromatic rings. The van der Waals surface area contributed by atoms with Crippen LogP contribution in [0.4, 0.5) is 0 Å². The van der Waals surface area contributed by atoms with E-state index in [-0.39, 0.29) is 12.5 Å².